The molecule has 0 saturated heterocycles. The highest BCUT2D eigenvalue weighted by molar-refractivity contribution is 5.98. The third-order valence-corrected chi connectivity index (χ3v) is 13.4. The van der Waals surface area contributed by atoms with Crippen LogP contribution in [0.1, 0.15) is 105 Å². The lowest BCUT2D eigenvalue weighted by molar-refractivity contribution is 0.446. The number of hydrogen-bond acceptors (Lipinski definition) is 3. The number of phenolic OH excluding ortho intramolecular Hbond substituents is 1. The van der Waals surface area contributed by atoms with E-state index in [9.17, 15) is 5.11 Å². The summed E-state index contributed by atoms with van der Waals surface area (Å²) in [5.41, 5.74) is 18.6. The Kier molecular flexibility index (Phi) is 10.7. The summed E-state index contributed by atoms with van der Waals surface area (Å²) < 4.78 is 28.4. The number of nitrogens with zero attached hydrogens (tertiary/aromatic N) is 3. The van der Waals surface area contributed by atoms with E-state index in [-0.39, 0.29) is 27.6 Å². The van der Waals surface area contributed by atoms with Crippen LogP contribution in [0.2, 0.25) is 0 Å². The summed E-state index contributed by atoms with van der Waals surface area (Å²) in [6.07, 6.45) is 1.79. The highest BCUT2D eigenvalue weighted by Crippen LogP contribution is 2.46. The van der Waals surface area contributed by atoms with Crippen molar-refractivity contribution >= 4 is 11.0 Å². The topological polar surface area (TPSA) is 50.9 Å². The molecule has 0 aliphatic rings. The first kappa shape index (κ1) is 42.3. The predicted molar refractivity (Wildman–Crippen MR) is 288 cm³/mol. The van der Waals surface area contributed by atoms with Crippen LogP contribution in [0.4, 0.5) is 0 Å². The zero-order valence-electron chi connectivity index (χ0n) is 44.7. The van der Waals surface area contributed by atoms with Crippen LogP contribution < -0.4 is 0 Å². The summed E-state index contributed by atoms with van der Waals surface area (Å²) in [6, 6.07) is 50.1. The molecule has 68 heavy (non-hydrogen) atoms. The summed E-state index contributed by atoms with van der Waals surface area (Å²) in [5, 5.41) is 12.6. The van der Waals surface area contributed by atoms with E-state index in [0.29, 0.717) is 33.7 Å². The SMILES string of the molecule is [2H]C([2H])([2H])c1cc(-c2cc(-c3ccc(-c4c(C)cc(C)cc4C)cc3)ccn2)cc(-c2cccc3c2nc(-c2cc(C(C)(C)C)cc(C(C)(C)C)c2O)n3-c2ccc(C(C)(C)C)cc2-c2ccccc2)c1. The summed E-state index contributed by atoms with van der Waals surface area (Å²) in [7, 11) is 0. The monoisotopic (exact) mass is 895 g/mol. The lowest BCUT2D eigenvalue weighted by Crippen LogP contribution is -2.17. The largest absolute Gasteiger partial charge is 0.507 e. The number of aromatic hydroxyl groups is 1. The lowest BCUT2D eigenvalue weighted by atomic mass is 9.79. The van der Waals surface area contributed by atoms with Crippen LogP contribution in [0.3, 0.4) is 0 Å². The van der Waals surface area contributed by atoms with Gasteiger partial charge in [-0.2, -0.15) is 0 Å². The van der Waals surface area contributed by atoms with Crippen molar-refractivity contribution in [2.45, 2.75) is 106 Å². The van der Waals surface area contributed by atoms with Gasteiger partial charge in [0.1, 0.15) is 11.6 Å². The van der Waals surface area contributed by atoms with E-state index in [0.717, 1.165) is 55.7 Å². The Bertz CT molecular complexity index is 3460. The number of aromatic nitrogens is 3. The third-order valence-electron chi connectivity index (χ3n) is 13.4. The maximum atomic E-state index is 12.6. The van der Waals surface area contributed by atoms with Crippen molar-refractivity contribution in [1.29, 1.82) is 0 Å². The van der Waals surface area contributed by atoms with Crippen molar-refractivity contribution in [3.8, 4) is 78.6 Å². The average molecular weight is 895 g/mol. The van der Waals surface area contributed by atoms with Gasteiger partial charge in [0.15, 0.2) is 0 Å². The Balaban J connectivity index is 1.28. The number of hydrogen-bond donors (Lipinski definition) is 1. The second kappa shape index (κ2) is 17.2. The van der Waals surface area contributed by atoms with Gasteiger partial charge < -0.3 is 5.11 Å². The zero-order chi connectivity index (χ0) is 50.9. The molecule has 342 valence electrons. The zero-order valence-corrected chi connectivity index (χ0v) is 41.7. The second-order valence-corrected chi connectivity index (χ2v) is 21.8. The van der Waals surface area contributed by atoms with Crippen LogP contribution in [0, 0.1) is 27.6 Å². The van der Waals surface area contributed by atoms with E-state index in [1.165, 1.54) is 27.8 Å². The van der Waals surface area contributed by atoms with Crippen molar-refractivity contribution < 1.29 is 9.22 Å². The molecular formula is C64H65N3O. The fourth-order valence-electron chi connectivity index (χ4n) is 9.78. The van der Waals surface area contributed by atoms with Crippen molar-refractivity contribution in [3.05, 3.63) is 191 Å². The summed E-state index contributed by atoms with van der Waals surface area (Å²) in [4.78, 5) is 10.4. The van der Waals surface area contributed by atoms with Crippen molar-refractivity contribution in [3.63, 3.8) is 0 Å². The smallest absolute Gasteiger partial charge is 0.149 e. The number of para-hydroxylation sites is 1. The number of benzene rings is 7. The Hall–Kier alpha value is -7.04. The molecule has 2 heterocycles. The normalized spacial score (nSPS) is 13.1. The van der Waals surface area contributed by atoms with Gasteiger partial charge in [-0.15, -0.1) is 0 Å². The van der Waals surface area contributed by atoms with Gasteiger partial charge in [0.25, 0.3) is 0 Å². The number of phenols is 1. The van der Waals surface area contributed by atoms with Gasteiger partial charge >= 0.3 is 0 Å². The minimum atomic E-state index is -2.41. The number of rotatable bonds is 7. The quantitative estimate of drug-likeness (QED) is 0.173. The summed E-state index contributed by atoms with van der Waals surface area (Å²) in [6.45, 7) is 23.7. The Morgan fingerprint density at radius 1 is 0.500 bits per heavy atom. The molecular weight excluding hydrogens is 827 g/mol. The fourth-order valence-corrected chi connectivity index (χ4v) is 9.78. The van der Waals surface area contributed by atoms with E-state index in [1.807, 2.05) is 36.4 Å². The van der Waals surface area contributed by atoms with E-state index in [2.05, 4.69) is 185 Å². The van der Waals surface area contributed by atoms with Crippen LogP contribution in [-0.2, 0) is 16.2 Å². The molecule has 0 saturated carbocycles. The van der Waals surface area contributed by atoms with Crippen molar-refractivity contribution in [1.82, 2.24) is 14.5 Å². The van der Waals surface area contributed by atoms with Gasteiger partial charge in [-0.1, -0.05) is 165 Å². The predicted octanol–water partition coefficient (Wildman–Crippen LogP) is 17.3. The second-order valence-electron chi connectivity index (χ2n) is 21.8. The molecule has 0 fully saturated rings. The van der Waals surface area contributed by atoms with Gasteiger partial charge in [-0.3, -0.25) is 9.55 Å². The van der Waals surface area contributed by atoms with E-state index >= 15 is 0 Å². The van der Waals surface area contributed by atoms with Gasteiger partial charge in [0.2, 0.25) is 0 Å². The Labute approximate surface area is 408 Å². The molecule has 0 aliphatic carbocycles. The van der Waals surface area contributed by atoms with Crippen LogP contribution in [0.15, 0.2) is 152 Å². The third kappa shape index (κ3) is 8.81. The number of imidazole rings is 1. The van der Waals surface area contributed by atoms with Gasteiger partial charge in [-0.05, 0) is 154 Å². The van der Waals surface area contributed by atoms with Crippen LogP contribution >= 0.6 is 0 Å². The first-order valence-electron chi connectivity index (χ1n) is 25.3. The molecule has 0 aliphatic heterocycles. The molecule has 9 aromatic rings. The van der Waals surface area contributed by atoms with Crippen molar-refractivity contribution in [2.24, 2.45) is 0 Å². The van der Waals surface area contributed by atoms with E-state index in [4.69, 9.17) is 14.1 Å². The Morgan fingerprint density at radius 3 is 1.82 bits per heavy atom. The average Bonchev–Trinajstić information content (AvgIpc) is 3.69. The van der Waals surface area contributed by atoms with Gasteiger partial charge in [0, 0.05) is 32.6 Å². The first-order chi connectivity index (χ1) is 33.4. The standard InChI is InChI=1S/C64H65N3O/c1-39-30-41(3)58(42(4)31-39)45-24-22-43(23-25-45)46-28-29-65-55(35-46)48-33-40(2)32-47(34-48)51-20-17-21-57-59(51)66-61(53-37-50(63(8,9)10)38-54(60(53)68)64(11,12)13)67(57)56-27-26-49(62(5,6)7)36-52(56)44-18-15-14-16-19-44/h14-38,68H,1-13H3/i2D3. The summed E-state index contributed by atoms with van der Waals surface area (Å²) in [5.74, 6) is 0.770. The molecule has 0 unspecified atom stereocenters. The molecule has 2 aromatic heterocycles. The van der Waals surface area contributed by atoms with Crippen LogP contribution in [-0.4, -0.2) is 19.6 Å². The molecule has 4 nitrogen and oxygen atoms in total. The molecule has 4 heteroatoms. The molecule has 0 bridgehead atoms. The van der Waals surface area contributed by atoms with E-state index < -0.39 is 6.85 Å². The molecule has 0 spiro atoms. The number of fused-ring (bicyclic) bond motifs is 1. The van der Waals surface area contributed by atoms with Crippen molar-refractivity contribution in [2.75, 3.05) is 0 Å². The van der Waals surface area contributed by atoms with Crippen LogP contribution in [0.5, 0.6) is 5.75 Å². The number of pyridine rings is 1. The highest BCUT2D eigenvalue weighted by Gasteiger charge is 2.30. The molecule has 0 radical (unpaired) electrons. The minimum absolute atomic E-state index is 0.124. The van der Waals surface area contributed by atoms with Gasteiger partial charge in [-0.25, -0.2) is 4.98 Å². The molecule has 0 amide bonds. The maximum absolute atomic E-state index is 12.6. The maximum Gasteiger partial charge on any atom is 0.149 e. The fraction of sp³-hybridized carbons (Fsp3) is 0.250. The van der Waals surface area contributed by atoms with E-state index in [1.54, 1.807) is 18.3 Å². The Morgan fingerprint density at radius 2 is 1.16 bits per heavy atom. The first-order valence-corrected chi connectivity index (χ1v) is 23.8. The summed E-state index contributed by atoms with van der Waals surface area (Å²) >= 11 is 0. The highest BCUT2D eigenvalue weighted by atomic mass is 16.3. The molecule has 7 aromatic carbocycles. The van der Waals surface area contributed by atoms with Crippen LogP contribution in [0.25, 0.3) is 83.9 Å². The minimum Gasteiger partial charge on any atom is -0.507 e. The number of aryl methyl sites for hydroxylation is 4. The molecule has 1 N–H and O–H groups in total. The van der Waals surface area contributed by atoms with Gasteiger partial charge in [0.05, 0.1) is 28.0 Å². The molecule has 9 rings (SSSR count). The lowest BCUT2D eigenvalue weighted by Gasteiger charge is -2.28. The molecule has 0 atom stereocenters.